The van der Waals surface area contributed by atoms with Gasteiger partial charge in [0.2, 0.25) is 0 Å². The van der Waals surface area contributed by atoms with Gasteiger partial charge in [0, 0.05) is 29.5 Å². The lowest BCUT2D eigenvalue weighted by atomic mass is 10.0. The standard InChI is InChI=1S/C32H24ClN5O3/c33-24-10-6-21(7-11-24)19-38-29-13-9-23(32(40)41)18-27(29)36-30(38)28(16-20-4-2-1-3-5-20)37-31(39)22-8-12-25-26(17-22)35-15-14-34-25/h1-15,17-18,28H,16,19H2,(H,37,39)(H,40,41). The predicted octanol–water partition coefficient (Wildman–Crippen LogP) is 6.09. The molecule has 2 heterocycles. The van der Waals surface area contributed by atoms with Gasteiger partial charge in [0.05, 0.1) is 33.7 Å². The maximum atomic E-state index is 13.6. The molecule has 2 aromatic heterocycles. The van der Waals surface area contributed by atoms with Crippen LogP contribution in [0.3, 0.4) is 0 Å². The Hall–Kier alpha value is -5.08. The second-order valence-electron chi connectivity index (χ2n) is 9.67. The van der Waals surface area contributed by atoms with Gasteiger partial charge < -0.3 is 15.0 Å². The zero-order chi connectivity index (χ0) is 28.3. The molecular weight excluding hydrogens is 538 g/mol. The highest BCUT2D eigenvalue weighted by Crippen LogP contribution is 2.27. The van der Waals surface area contributed by atoms with Gasteiger partial charge in [0.15, 0.2) is 0 Å². The molecule has 0 bridgehead atoms. The molecule has 0 radical (unpaired) electrons. The molecule has 0 fully saturated rings. The minimum Gasteiger partial charge on any atom is -0.478 e. The van der Waals surface area contributed by atoms with Crippen LogP contribution in [-0.2, 0) is 13.0 Å². The molecule has 6 rings (SSSR count). The smallest absolute Gasteiger partial charge is 0.335 e. The van der Waals surface area contributed by atoms with Crippen molar-refractivity contribution in [1.82, 2.24) is 24.8 Å². The topological polar surface area (TPSA) is 110 Å². The number of hydrogen-bond donors (Lipinski definition) is 2. The first-order valence-corrected chi connectivity index (χ1v) is 13.4. The minimum absolute atomic E-state index is 0.140. The number of imidazole rings is 1. The Morgan fingerprint density at radius 1 is 0.805 bits per heavy atom. The van der Waals surface area contributed by atoms with E-state index in [-0.39, 0.29) is 11.5 Å². The van der Waals surface area contributed by atoms with Crippen LogP contribution in [-0.4, -0.2) is 36.5 Å². The number of hydrogen-bond acceptors (Lipinski definition) is 5. The molecule has 0 aliphatic heterocycles. The summed E-state index contributed by atoms with van der Waals surface area (Å²) < 4.78 is 2.02. The van der Waals surface area contributed by atoms with Crippen LogP contribution in [0.15, 0.2) is 103 Å². The molecule has 0 saturated heterocycles. The molecule has 1 amide bonds. The summed E-state index contributed by atoms with van der Waals surface area (Å²) in [6.45, 7) is 0.447. The number of nitrogens with one attached hydrogen (secondary N) is 1. The molecule has 41 heavy (non-hydrogen) atoms. The molecule has 9 heteroatoms. The predicted molar refractivity (Wildman–Crippen MR) is 157 cm³/mol. The number of carboxylic acid groups (broad SMARTS) is 1. The number of carbonyl (C=O) groups excluding carboxylic acids is 1. The Morgan fingerprint density at radius 2 is 1.51 bits per heavy atom. The van der Waals surface area contributed by atoms with Gasteiger partial charge in [-0.3, -0.25) is 14.8 Å². The molecule has 1 unspecified atom stereocenters. The fourth-order valence-electron chi connectivity index (χ4n) is 4.89. The van der Waals surface area contributed by atoms with Crippen molar-refractivity contribution in [3.63, 3.8) is 0 Å². The van der Waals surface area contributed by atoms with Crippen LogP contribution in [0.4, 0.5) is 0 Å². The van der Waals surface area contributed by atoms with Crippen LogP contribution in [0, 0.1) is 0 Å². The molecule has 8 nitrogen and oxygen atoms in total. The number of nitrogens with zero attached hydrogens (tertiary/aromatic N) is 4. The highest BCUT2D eigenvalue weighted by Gasteiger charge is 2.24. The summed E-state index contributed by atoms with van der Waals surface area (Å²) >= 11 is 6.13. The zero-order valence-corrected chi connectivity index (χ0v) is 22.5. The number of benzene rings is 4. The summed E-state index contributed by atoms with van der Waals surface area (Å²) in [5.41, 5.74) is 5.19. The Kier molecular flexibility index (Phi) is 7.14. The number of aromatic nitrogens is 4. The molecule has 6 aromatic rings. The second-order valence-corrected chi connectivity index (χ2v) is 10.1. The Morgan fingerprint density at radius 3 is 2.27 bits per heavy atom. The van der Waals surface area contributed by atoms with E-state index in [0.717, 1.165) is 16.6 Å². The van der Waals surface area contributed by atoms with Gasteiger partial charge >= 0.3 is 5.97 Å². The maximum absolute atomic E-state index is 13.6. The van der Waals surface area contributed by atoms with E-state index in [1.165, 1.54) is 0 Å². The Labute approximate surface area is 240 Å². The second kappa shape index (κ2) is 11.2. The van der Waals surface area contributed by atoms with E-state index in [0.29, 0.717) is 45.9 Å². The van der Waals surface area contributed by atoms with Gasteiger partial charge in [0.1, 0.15) is 5.82 Å². The third-order valence-electron chi connectivity index (χ3n) is 6.91. The number of rotatable bonds is 8. The number of aromatic carboxylic acids is 1. The summed E-state index contributed by atoms with van der Waals surface area (Å²) in [6.07, 6.45) is 3.67. The number of amides is 1. The molecular formula is C32H24ClN5O3. The first kappa shape index (κ1) is 26.2. The highest BCUT2D eigenvalue weighted by molar-refractivity contribution is 6.30. The first-order chi connectivity index (χ1) is 19.9. The van der Waals surface area contributed by atoms with Crippen molar-refractivity contribution in [2.45, 2.75) is 19.0 Å². The van der Waals surface area contributed by atoms with E-state index in [1.54, 1.807) is 48.8 Å². The number of fused-ring (bicyclic) bond motifs is 2. The maximum Gasteiger partial charge on any atom is 0.335 e. The molecule has 202 valence electrons. The SMILES string of the molecule is O=C(O)c1ccc2c(c1)nc(C(Cc1ccccc1)NC(=O)c1ccc3nccnc3c1)n2Cc1ccc(Cl)cc1. The molecule has 0 aliphatic rings. The summed E-state index contributed by atoms with van der Waals surface area (Å²) in [5.74, 6) is -0.709. The van der Waals surface area contributed by atoms with E-state index in [9.17, 15) is 14.7 Å². The summed E-state index contributed by atoms with van der Waals surface area (Å²) in [6, 6.07) is 26.9. The van der Waals surface area contributed by atoms with Crippen LogP contribution >= 0.6 is 11.6 Å². The van der Waals surface area contributed by atoms with Gasteiger partial charge in [0.25, 0.3) is 5.91 Å². The third-order valence-corrected chi connectivity index (χ3v) is 7.16. The van der Waals surface area contributed by atoms with E-state index in [1.807, 2.05) is 59.2 Å². The van der Waals surface area contributed by atoms with Gasteiger partial charge in [-0.25, -0.2) is 9.78 Å². The number of carboxylic acids is 1. The monoisotopic (exact) mass is 561 g/mol. The van der Waals surface area contributed by atoms with Gasteiger partial charge in [-0.05, 0) is 66.1 Å². The zero-order valence-electron chi connectivity index (χ0n) is 21.7. The van der Waals surface area contributed by atoms with Crippen molar-refractivity contribution in [1.29, 1.82) is 0 Å². The van der Waals surface area contributed by atoms with E-state index < -0.39 is 12.0 Å². The lowest BCUT2D eigenvalue weighted by Crippen LogP contribution is -2.32. The minimum atomic E-state index is -1.03. The summed E-state index contributed by atoms with van der Waals surface area (Å²) in [4.78, 5) is 38.9. The van der Waals surface area contributed by atoms with Crippen LogP contribution in [0.25, 0.3) is 22.1 Å². The number of carbonyl (C=O) groups is 2. The fourth-order valence-corrected chi connectivity index (χ4v) is 5.01. The van der Waals surface area contributed by atoms with E-state index in [4.69, 9.17) is 16.6 Å². The van der Waals surface area contributed by atoms with Crippen molar-refractivity contribution in [2.75, 3.05) is 0 Å². The van der Waals surface area contributed by atoms with E-state index >= 15 is 0 Å². The van der Waals surface area contributed by atoms with E-state index in [2.05, 4.69) is 15.3 Å². The third kappa shape index (κ3) is 5.64. The normalized spacial score (nSPS) is 11.9. The van der Waals surface area contributed by atoms with Crippen molar-refractivity contribution < 1.29 is 14.7 Å². The quantitative estimate of drug-likeness (QED) is 0.232. The Bertz CT molecular complexity index is 1890. The average molecular weight is 562 g/mol. The van der Waals surface area contributed by atoms with Crippen LogP contribution < -0.4 is 5.32 Å². The molecule has 0 aliphatic carbocycles. The average Bonchev–Trinajstić information content (AvgIpc) is 3.35. The van der Waals surface area contributed by atoms with Crippen molar-refractivity contribution in [3.05, 3.63) is 136 Å². The van der Waals surface area contributed by atoms with Crippen molar-refractivity contribution in [3.8, 4) is 0 Å². The van der Waals surface area contributed by atoms with Gasteiger partial charge in [-0.15, -0.1) is 0 Å². The lowest BCUT2D eigenvalue weighted by molar-refractivity contribution is 0.0696. The molecule has 0 saturated carbocycles. The van der Waals surface area contributed by atoms with Crippen molar-refractivity contribution in [2.24, 2.45) is 0 Å². The first-order valence-electron chi connectivity index (χ1n) is 13.0. The van der Waals surface area contributed by atoms with Crippen LogP contribution in [0.2, 0.25) is 5.02 Å². The molecule has 4 aromatic carbocycles. The molecule has 2 N–H and O–H groups in total. The number of halogens is 1. The Balaban J connectivity index is 1.45. The fraction of sp³-hybridized carbons (Fsp3) is 0.0938. The molecule has 1 atom stereocenters. The van der Waals surface area contributed by atoms with Gasteiger partial charge in [-0.1, -0.05) is 54.1 Å². The van der Waals surface area contributed by atoms with Gasteiger partial charge in [-0.2, -0.15) is 0 Å². The summed E-state index contributed by atoms with van der Waals surface area (Å²) in [5, 5.41) is 13.4. The highest BCUT2D eigenvalue weighted by atomic mass is 35.5. The van der Waals surface area contributed by atoms with Crippen molar-refractivity contribution >= 4 is 45.5 Å². The summed E-state index contributed by atoms with van der Waals surface area (Å²) in [7, 11) is 0. The lowest BCUT2D eigenvalue weighted by Gasteiger charge is -2.21. The van der Waals surface area contributed by atoms with Crippen LogP contribution in [0.1, 0.15) is 43.7 Å². The largest absolute Gasteiger partial charge is 0.478 e. The molecule has 0 spiro atoms. The van der Waals surface area contributed by atoms with Crippen LogP contribution in [0.5, 0.6) is 0 Å².